The van der Waals surface area contributed by atoms with Crippen LogP contribution in [0.15, 0.2) is 36.2 Å². The first-order valence-electron chi connectivity index (χ1n) is 8.00. The second-order valence-electron chi connectivity index (χ2n) is 6.25. The smallest absolute Gasteiger partial charge is 0.130 e. The van der Waals surface area contributed by atoms with E-state index in [0.29, 0.717) is 28.4 Å². The second-order valence-corrected chi connectivity index (χ2v) is 6.25. The Kier molecular flexibility index (Phi) is 4.34. The number of nitrogens with one attached hydrogen (secondary N) is 2. The number of aryl methyl sites for hydroxylation is 1. The third-order valence-electron chi connectivity index (χ3n) is 4.38. The van der Waals surface area contributed by atoms with E-state index in [4.69, 9.17) is 11.1 Å². The summed E-state index contributed by atoms with van der Waals surface area (Å²) in [6.07, 6.45) is 6.83. The molecule has 124 valence electrons. The Hall–Kier alpha value is -2.69. The summed E-state index contributed by atoms with van der Waals surface area (Å²) >= 11 is 0. The van der Waals surface area contributed by atoms with E-state index in [2.05, 4.69) is 10.2 Å². The molecule has 0 saturated heterocycles. The number of H-pyrrole nitrogens is 1. The molecule has 5 heteroatoms. The number of aromatic amines is 1. The van der Waals surface area contributed by atoms with Crippen molar-refractivity contribution in [3.8, 4) is 0 Å². The third kappa shape index (κ3) is 3.02. The fraction of sp³-hybridized carbons (Fsp3) is 0.263. The number of hydrogen-bond donors (Lipinski definition) is 3. The van der Waals surface area contributed by atoms with Crippen molar-refractivity contribution in [1.29, 1.82) is 5.41 Å². The summed E-state index contributed by atoms with van der Waals surface area (Å²) in [7, 11) is 0. The van der Waals surface area contributed by atoms with Crippen LogP contribution in [-0.2, 0) is 0 Å². The summed E-state index contributed by atoms with van der Waals surface area (Å²) in [4.78, 5) is 0. The van der Waals surface area contributed by atoms with Gasteiger partial charge in [0, 0.05) is 23.0 Å². The maximum absolute atomic E-state index is 14.4. The van der Waals surface area contributed by atoms with Gasteiger partial charge >= 0.3 is 0 Å². The van der Waals surface area contributed by atoms with Gasteiger partial charge in [0.2, 0.25) is 0 Å². The van der Waals surface area contributed by atoms with Crippen molar-refractivity contribution in [2.75, 3.05) is 0 Å². The zero-order valence-corrected chi connectivity index (χ0v) is 13.9. The van der Waals surface area contributed by atoms with Gasteiger partial charge in [0.15, 0.2) is 0 Å². The predicted molar refractivity (Wildman–Crippen MR) is 95.2 cm³/mol. The highest BCUT2D eigenvalue weighted by atomic mass is 19.1. The zero-order chi connectivity index (χ0) is 17.3. The van der Waals surface area contributed by atoms with Crippen LogP contribution in [-0.4, -0.2) is 16.4 Å². The summed E-state index contributed by atoms with van der Waals surface area (Å²) in [6.45, 7) is 3.76. The molecule has 1 aromatic carbocycles. The minimum absolute atomic E-state index is 0.227. The van der Waals surface area contributed by atoms with Crippen LogP contribution in [0.1, 0.15) is 48.1 Å². The number of halogens is 1. The monoisotopic (exact) mass is 324 g/mol. The molecular weight excluding hydrogens is 303 g/mol. The minimum atomic E-state index is -0.227. The second kappa shape index (κ2) is 6.43. The number of allylic oxidation sites excluding steroid dienone is 3. The van der Waals surface area contributed by atoms with Crippen molar-refractivity contribution in [3.05, 3.63) is 64.4 Å². The lowest BCUT2D eigenvalue weighted by molar-refractivity contribution is 0.621. The van der Waals surface area contributed by atoms with Gasteiger partial charge in [-0.1, -0.05) is 12.1 Å². The van der Waals surface area contributed by atoms with Crippen molar-refractivity contribution in [3.63, 3.8) is 0 Å². The molecule has 0 radical (unpaired) electrons. The van der Waals surface area contributed by atoms with Gasteiger partial charge in [0.1, 0.15) is 5.82 Å². The number of nitrogens with two attached hydrogens (primary N) is 1. The fourth-order valence-corrected chi connectivity index (χ4v) is 2.99. The number of hydrogen-bond acceptors (Lipinski definition) is 3. The number of aromatic nitrogens is 2. The lowest BCUT2D eigenvalue weighted by atomic mass is 9.95. The van der Waals surface area contributed by atoms with E-state index >= 15 is 0 Å². The summed E-state index contributed by atoms with van der Waals surface area (Å²) < 4.78 is 14.4. The third-order valence-corrected chi connectivity index (χ3v) is 4.38. The van der Waals surface area contributed by atoms with Crippen molar-refractivity contribution < 1.29 is 4.39 Å². The van der Waals surface area contributed by atoms with E-state index < -0.39 is 0 Å². The average Bonchev–Trinajstić information content (AvgIpc) is 3.31. The normalized spacial score (nSPS) is 16.0. The Morgan fingerprint density at radius 1 is 1.42 bits per heavy atom. The molecule has 0 bridgehead atoms. The molecule has 0 atom stereocenters. The molecule has 2 aromatic rings. The highest BCUT2D eigenvalue weighted by molar-refractivity contribution is 6.10. The first-order valence-corrected chi connectivity index (χ1v) is 8.00. The van der Waals surface area contributed by atoms with Crippen LogP contribution < -0.4 is 5.73 Å². The first kappa shape index (κ1) is 16.2. The van der Waals surface area contributed by atoms with Crippen molar-refractivity contribution >= 4 is 17.4 Å². The minimum Gasteiger partial charge on any atom is -0.398 e. The Bertz CT molecular complexity index is 841. The fourth-order valence-electron chi connectivity index (χ4n) is 2.99. The highest BCUT2D eigenvalue weighted by Crippen LogP contribution is 2.43. The molecule has 1 saturated carbocycles. The van der Waals surface area contributed by atoms with E-state index in [-0.39, 0.29) is 5.82 Å². The van der Waals surface area contributed by atoms with Crippen LogP contribution in [0.5, 0.6) is 0 Å². The molecular formula is C19H21FN4. The maximum Gasteiger partial charge on any atom is 0.130 e. The van der Waals surface area contributed by atoms with Crippen molar-refractivity contribution in [1.82, 2.24) is 10.2 Å². The van der Waals surface area contributed by atoms with Gasteiger partial charge in [-0.05, 0) is 61.4 Å². The van der Waals surface area contributed by atoms with Crippen LogP contribution in [0.4, 0.5) is 4.39 Å². The van der Waals surface area contributed by atoms with Crippen molar-refractivity contribution in [2.24, 2.45) is 5.73 Å². The summed E-state index contributed by atoms with van der Waals surface area (Å²) in [5.41, 5.74) is 11.2. The largest absolute Gasteiger partial charge is 0.398 e. The van der Waals surface area contributed by atoms with Gasteiger partial charge in [-0.25, -0.2) is 4.39 Å². The zero-order valence-electron chi connectivity index (χ0n) is 13.9. The highest BCUT2D eigenvalue weighted by Gasteiger charge is 2.27. The molecule has 4 nitrogen and oxygen atoms in total. The van der Waals surface area contributed by atoms with Crippen molar-refractivity contribution in [2.45, 2.75) is 32.6 Å². The van der Waals surface area contributed by atoms with Crippen LogP contribution >= 0.6 is 0 Å². The van der Waals surface area contributed by atoms with Gasteiger partial charge in [-0.15, -0.1) is 0 Å². The maximum atomic E-state index is 14.4. The van der Waals surface area contributed by atoms with E-state index in [1.54, 1.807) is 18.3 Å². The van der Waals surface area contributed by atoms with Gasteiger partial charge in [-0.2, -0.15) is 5.10 Å². The molecule has 1 aliphatic carbocycles. The first-order chi connectivity index (χ1) is 11.5. The topological polar surface area (TPSA) is 78.5 Å². The molecule has 0 spiro atoms. The average molecular weight is 324 g/mol. The summed E-state index contributed by atoms with van der Waals surface area (Å²) in [5, 5.41) is 14.5. The molecule has 0 amide bonds. The number of benzene rings is 1. The van der Waals surface area contributed by atoms with Crippen LogP contribution in [0.2, 0.25) is 0 Å². The molecule has 1 aliphatic rings. The summed E-state index contributed by atoms with van der Waals surface area (Å²) in [5.74, 6) is 0.219. The molecule has 1 fully saturated rings. The number of nitrogens with zero attached hydrogens (tertiary/aromatic N) is 1. The lowest BCUT2D eigenvalue weighted by Crippen LogP contribution is -2.04. The SMILES string of the molecule is C/C(=C\C(N)=C(\C=N)c1[nH]ncc1C)c1c(F)cccc1C1CC1. The van der Waals surface area contributed by atoms with Gasteiger partial charge in [0.05, 0.1) is 11.9 Å². The van der Waals surface area contributed by atoms with E-state index in [1.807, 2.05) is 19.9 Å². The van der Waals surface area contributed by atoms with E-state index in [9.17, 15) is 4.39 Å². The number of rotatable bonds is 5. The van der Waals surface area contributed by atoms with E-state index in [1.165, 1.54) is 12.3 Å². The van der Waals surface area contributed by atoms with Gasteiger partial charge in [-0.3, -0.25) is 5.10 Å². The van der Waals surface area contributed by atoms with Gasteiger partial charge < -0.3 is 11.1 Å². The molecule has 1 aromatic heterocycles. The van der Waals surface area contributed by atoms with Crippen LogP contribution in [0.3, 0.4) is 0 Å². The molecule has 24 heavy (non-hydrogen) atoms. The quantitative estimate of drug-likeness (QED) is 0.570. The van der Waals surface area contributed by atoms with Gasteiger partial charge in [0.25, 0.3) is 0 Å². The molecule has 1 heterocycles. The predicted octanol–water partition coefficient (Wildman–Crippen LogP) is 4.16. The molecule has 0 unspecified atom stereocenters. The lowest BCUT2D eigenvalue weighted by Gasteiger charge is -2.12. The Balaban J connectivity index is 2.06. The Labute approximate surface area is 140 Å². The standard InChI is InChI=1S/C19H21FN4/c1-11(18-14(13-6-7-13)4-3-5-16(18)20)8-17(22)15(9-21)19-12(2)10-23-24-19/h3-5,8-10,13,21H,6-7,22H2,1-2H3,(H,23,24)/b11-8+,17-15+,21-9?. The van der Waals surface area contributed by atoms with Crippen LogP contribution in [0.25, 0.3) is 11.1 Å². The summed E-state index contributed by atoms with van der Waals surface area (Å²) in [6, 6.07) is 5.23. The molecule has 4 N–H and O–H groups in total. The Morgan fingerprint density at radius 3 is 2.75 bits per heavy atom. The molecule has 0 aliphatic heterocycles. The van der Waals surface area contributed by atoms with Crippen LogP contribution in [0, 0.1) is 18.2 Å². The van der Waals surface area contributed by atoms with E-state index in [0.717, 1.165) is 29.5 Å². The molecule has 3 rings (SSSR count). The Morgan fingerprint density at radius 2 is 2.17 bits per heavy atom.